The molecule has 1 aromatic heterocycles. The van der Waals surface area contributed by atoms with Crippen molar-refractivity contribution in [1.29, 1.82) is 0 Å². The highest BCUT2D eigenvalue weighted by molar-refractivity contribution is 5.82. The Morgan fingerprint density at radius 3 is 2.90 bits per heavy atom. The van der Waals surface area contributed by atoms with Crippen LogP contribution in [0.2, 0.25) is 0 Å². The van der Waals surface area contributed by atoms with Crippen molar-refractivity contribution in [2.24, 2.45) is 10.7 Å². The second-order valence-corrected chi connectivity index (χ2v) is 5.06. The van der Waals surface area contributed by atoms with Crippen molar-refractivity contribution < 1.29 is 13.5 Å². The molecule has 21 heavy (non-hydrogen) atoms. The summed E-state index contributed by atoms with van der Waals surface area (Å²) in [5, 5.41) is 0.783. The summed E-state index contributed by atoms with van der Waals surface area (Å²) >= 11 is 0. The van der Waals surface area contributed by atoms with Gasteiger partial charge in [-0.15, -0.1) is 0 Å². The van der Waals surface area contributed by atoms with Gasteiger partial charge in [-0.25, -0.2) is 9.38 Å². The van der Waals surface area contributed by atoms with Gasteiger partial charge in [-0.2, -0.15) is 0 Å². The van der Waals surface area contributed by atoms with Crippen molar-refractivity contribution in [2.75, 3.05) is 26.3 Å². The lowest BCUT2D eigenvalue weighted by Crippen LogP contribution is -2.44. The van der Waals surface area contributed by atoms with Gasteiger partial charge in [0, 0.05) is 24.0 Å². The molecule has 0 amide bonds. The van der Waals surface area contributed by atoms with Crippen LogP contribution >= 0.6 is 0 Å². The van der Waals surface area contributed by atoms with Gasteiger partial charge >= 0.3 is 0 Å². The molecule has 0 saturated carbocycles. The largest absolute Gasteiger partial charge is 0.459 e. The Hall–Kier alpha value is -2.08. The molecule has 2 aromatic rings. The van der Waals surface area contributed by atoms with Crippen molar-refractivity contribution in [1.82, 2.24) is 4.90 Å². The maximum absolute atomic E-state index is 13.3. The number of nitrogens with zero attached hydrogens (tertiary/aromatic N) is 2. The first-order valence-corrected chi connectivity index (χ1v) is 6.95. The maximum Gasteiger partial charge on any atom is 0.191 e. The van der Waals surface area contributed by atoms with E-state index in [1.165, 1.54) is 12.1 Å². The summed E-state index contributed by atoms with van der Waals surface area (Å²) in [6.07, 6.45) is 0. The zero-order chi connectivity index (χ0) is 14.8. The van der Waals surface area contributed by atoms with Crippen molar-refractivity contribution in [3.8, 4) is 0 Å². The number of aliphatic imine (C=N–C) groups is 1. The Kier molecular flexibility index (Phi) is 3.79. The van der Waals surface area contributed by atoms with Gasteiger partial charge in [-0.1, -0.05) is 0 Å². The van der Waals surface area contributed by atoms with E-state index in [2.05, 4.69) is 4.99 Å². The van der Waals surface area contributed by atoms with Crippen LogP contribution in [0.15, 0.2) is 27.6 Å². The number of hydrogen-bond donors (Lipinski definition) is 1. The van der Waals surface area contributed by atoms with Crippen LogP contribution in [0, 0.1) is 12.7 Å². The first kappa shape index (κ1) is 13.9. The number of guanidine groups is 1. The Bertz CT molecular complexity index is 675. The molecule has 2 heterocycles. The summed E-state index contributed by atoms with van der Waals surface area (Å²) in [6.45, 7) is 5.09. The first-order valence-electron chi connectivity index (χ1n) is 6.95. The molecule has 112 valence electrons. The third-order valence-electron chi connectivity index (χ3n) is 3.72. The van der Waals surface area contributed by atoms with Crippen molar-refractivity contribution in [3.05, 3.63) is 35.3 Å². The van der Waals surface area contributed by atoms with Crippen LogP contribution in [0.1, 0.15) is 11.3 Å². The van der Waals surface area contributed by atoms with E-state index in [4.69, 9.17) is 14.9 Å². The predicted molar refractivity (Wildman–Crippen MR) is 78.6 cm³/mol. The molecule has 1 aliphatic rings. The predicted octanol–water partition coefficient (Wildman–Crippen LogP) is 2.03. The topological polar surface area (TPSA) is 64.0 Å². The number of morpholine rings is 1. The molecular formula is C15H18FN3O2. The van der Waals surface area contributed by atoms with Crippen LogP contribution in [-0.2, 0) is 11.3 Å². The fourth-order valence-electron chi connectivity index (χ4n) is 2.44. The second-order valence-electron chi connectivity index (χ2n) is 5.06. The number of furan rings is 1. The van der Waals surface area contributed by atoms with Crippen LogP contribution in [0.3, 0.4) is 0 Å². The highest BCUT2D eigenvalue weighted by Gasteiger charge is 2.14. The van der Waals surface area contributed by atoms with E-state index in [0.717, 1.165) is 24.0 Å². The van der Waals surface area contributed by atoms with Gasteiger partial charge in [0.1, 0.15) is 23.7 Å². The minimum absolute atomic E-state index is 0.269. The average Bonchev–Trinajstić information content (AvgIpc) is 2.82. The number of aryl methyl sites for hydroxylation is 1. The summed E-state index contributed by atoms with van der Waals surface area (Å²) in [5.74, 6) is 0.936. The number of hydrogen-bond acceptors (Lipinski definition) is 3. The molecule has 0 bridgehead atoms. The third kappa shape index (κ3) is 2.85. The molecule has 0 unspecified atom stereocenters. The highest BCUT2D eigenvalue weighted by Crippen LogP contribution is 2.26. The molecule has 0 aliphatic carbocycles. The standard InChI is InChI=1S/C15H18FN3O2/c1-10-12-8-11(16)2-3-13(12)21-14(10)9-18-15(17)19-4-6-20-7-5-19/h2-3,8H,4-7,9H2,1H3,(H2,17,18). The van der Waals surface area contributed by atoms with Crippen LogP contribution in [0.5, 0.6) is 0 Å². The third-order valence-corrected chi connectivity index (χ3v) is 3.72. The fourth-order valence-corrected chi connectivity index (χ4v) is 2.44. The van der Waals surface area contributed by atoms with E-state index < -0.39 is 0 Å². The maximum atomic E-state index is 13.3. The summed E-state index contributed by atoms with van der Waals surface area (Å²) in [5.41, 5.74) is 7.56. The fraction of sp³-hybridized carbons (Fsp3) is 0.400. The smallest absolute Gasteiger partial charge is 0.191 e. The molecule has 1 aliphatic heterocycles. The van der Waals surface area contributed by atoms with Gasteiger partial charge in [0.2, 0.25) is 0 Å². The second kappa shape index (κ2) is 5.73. The molecule has 1 saturated heterocycles. The monoisotopic (exact) mass is 291 g/mol. The van der Waals surface area contributed by atoms with E-state index in [1.54, 1.807) is 6.07 Å². The summed E-state index contributed by atoms with van der Waals surface area (Å²) < 4.78 is 24.3. The zero-order valence-corrected chi connectivity index (χ0v) is 11.9. The van der Waals surface area contributed by atoms with Gasteiger partial charge in [-0.3, -0.25) is 0 Å². The van der Waals surface area contributed by atoms with Gasteiger partial charge in [-0.05, 0) is 25.1 Å². The molecule has 6 heteroatoms. The van der Waals surface area contributed by atoms with Gasteiger partial charge in [0.05, 0.1) is 13.2 Å². The Labute approximate surface area is 122 Å². The summed E-state index contributed by atoms with van der Waals surface area (Å²) in [6, 6.07) is 4.50. The Morgan fingerprint density at radius 1 is 1.38 bits per heavy atom. The SMILES string of the molecule is Cc1c(CN=C(N)N2CCOCC2)oc2ccc(F)cc12. The highest BCUT2D eigenvalue weighted by atomic mass is 19.1. The van der Waals surface area contributed by atoms with Gasteiger partial charge in [0.15, 0.2) is 5.96 Å². The lowest BCUT2D eigenvalue weighted by atomic mass is 10.1. The summed E-state index contributed by atoms with van der Waals surface area (Å²) in [4.78, 5) is 6.36. The van der Waals surface area contributed by atoms with Gasteiger partial charge in [0.25, 0.3) is 0 Å². The Balaban J connectivity index is 1.79. The van der Waals surface area contributed by atoms with Crippen molar-refractivity contribution in [2.45, 2.75) is 13.5 Å². The number of nitrogens with two attached hydrogens (primary N) is 1. The van der Waals surface area contributed by atoms with E-state index in [1.807, 2.05) is 11.8 Å². The lowest BCUT2D eigenvalue weighted by Gasteiger charge is -2.27. The average molecular weight is 291 g/mol. The number of halogens is 1. The Morgan fingerprint density at radius 2 is 2.14 bits per heavy atom. The zero-order valence-electron chi connectivity index (χ0n) is 11.9. The van der Waals surface area contributed by atoms with Crippen LogP contribution < -0.4 is 5.73 Å². The minimum Gasteiger partial charge on any atom is -0.459 e. The normalized spacial score (nSPS) is 16.7. The lowest BCUT2D eigenvalue weighted by molar-refractivity contribution is 0.0674. The number of ether oxygens (including phenoxy) is 1. The molecule has 1 fully saturated rings. The first-order chi connectivity index (χ1) is 10.1. The van der Waals surface area contributed by atoms with E-state index in [9.17, 15) is 4.39 Å². The van der Waals surface area contributed by atoms with Crippen molar-refractivity contribution in [3.63, 3.8) is 0 Å². The summed E-state index contributed by atoms with van der Waals surface area (Å²) in [7, 11) is 0. The molecule has 0 spiro atoms. The van der Waals surface area contributed by atoms with Crippen LogP contribution in [0.4, 0.5) is 4.39 Å². The molecule has 0 atom stereocenters. The minimum atomic E-state index is -0.269. The number of fused-ring (bicyclic) bond motifs is 1. The van der Waals surface area contributed by atoms with E-state index in [0.29, 0.717) is 37.1 Å². The van der Waals surface area contributed by atoms with Crippen molar-refractivity contribution >= 4 is 16.9 Å². The molecule has 0 radical (unpaired) electrons. The molecule has 3 rings (SSSR count). The number of benzene rings is 1. The van der Waals surface area contributed by atoms with E-state index in [-0.39, 0.29) is 5.82 Å². The number of rotatable bonds is 2. The van der Waals surface area contributed by atoms with E-state index >= 15 is 0 Å². The van der Waals surface area contributed by atoms with Crippen LogP contribution in [-0.4, -0.2) is 37.2 Å². The van der Waals surface area contributed by atoms with Gasteiger partial charge < -0.3 is 19.8 Å². The quantitative estimate of drug-likeness (QED) is 0.679. The molecule has 2 N–H and O–H groups in total. The molecule has 5 nitrogen and oxygen atoms in total. The molecular weight excluding hydrogens is 273 g/mol. The van der Waals surface area contributed by atoms with Crippen LogP contribution in [0.25, 0.3) is 11.0 Å². The molecule has 1 aromatic carbocycles.